The van der Waals surface area contributed by atoms with E-state index in [0.29, 0.717) is 25.7 Å². The molecule has 0 spiro atoms. The zero-order valence-electron chi connectivity index (χ0n) is 11.4. The number of carbonyl (C=O) groups is 4. The Kier molecular flexibility index (Phi) is 9.54. The summed E-state index contributed by atoms with van der Waals surface area (Å²) in [5.41, 5.74) is 0. The lowest BCUT2D eigenvalue weighted by molar-refractivity contribution is -0.138. The van der Waals surface area contributed by atoms with Crippen molar-refractivity contribution < 1.29 is 19.2 Å². The van der Waals surface area contributed by atoms with Crippen LogP contribution >= 0.6 is 0 Å². The molecule has 0 aromatic heterocycles. The van der Waals surface area contributed by atoms with Crippen LogP contribution in [0.3, 0.4) is 0 Å². The van der Waals surface area contributed by atoms with Crippen molar-refractivity contribution in [2.45, 2.75) is 47.0 Å². The van der Waals surface area contributed by atoms with Crippen LogP contribution in [0.2, 0.25) is 0 Å². The van der Waals surface area contributed by atoms with Crippen molar-refractivity contribution in [3.8, 4) is 0 Å². The van der Waals surface area contributed by atoms with Gasteiger partial charge in [-0.15, -0.1) is 0 Å². The lowest BCUT2D eigenvalue weighted by atomic mass is 10.4. The molecule has 0 radical (unpaired) electrons. The Morgan fingerprint density at radius 1 is 0.632 bits per heavy atom. The summed E-state index contributed by atoms with van der Waals surface area (Å²) in [6.07, 6.45) is 1.59. The monoisotopic (exact) mass is 272 g/mol. The fourth-order valence-corrected chi connectivity index (χ4v) is 1.38. The zero-order valence-corrected chi connectivity index (χ0v) is 11.4. The van der Waals surface area contributed by atoms with Gasteiger partial charge in [0.2, 0.25) is 23.6 Å². The fraction of sp³-hybridized carbons (Fsp3) is 0.692. The summed E-state index contributed by atoms with van der Waals surface area (Å²) in [4.78, 5) is 44.3. The average Bonchev–Trinajstić information content (AvgIpc) is 2.83. The predicted octanol–water partition coefficient (Wildman–Crippen LogP) is 1.19. The smallest absolute Gasteiger partial charge is 0.229 e. The van der Waals surface area contributed by atoms with E-state index in [1.54, 1.807) is 0 Å². The molecule has 2 saturated heterocycles. The van der Waals surface area contributed by atoms with E-state index in [0.717, 1.165) is 0 Å². The third-order valence-corrected chi connectivity index (χ3v) is 2.60. The van der Waals surface area contributed by atoms with Crippen LogP contribution in [0.25, 0.3) is 0 Å². The lowest BCUT2D eigenvalue weighted by Gasteiger charge is -2.01. The minimum atomic E-state index is -0.0602. The number of hydrogen-bond donors (Lipinski definition) is 0. The molecule has 2 heterocycles. The molecule has 0 aliphatic carbocycles. The summed E-state index contributed by atoms with van der Waals surface area (Å²) in [5, 5.41) is 0. The number of carbonyl (C=O) groups excluding carboxylic acids is 4. The Morgan fingerprint density at radius 3 is 0.842 bits per heavy atom. The predicted molar refractivity (Wildman–Crippen MR) is 72.1 cm³/mol. The zero-order chi connectivity index (χ0) is 14.3. The molecule has 0 aromatic rings. The standard InChI is InChI=1S/2C5H7NO2.C2H6.CH4/c2*1-6-4(7)2-3-5(6)8;1-2;/h2*2-3H2,1H3;1-2H3;1H4. The normalized spacial score (nSPS) is 17.5. The van der Waals surface area contributed by atoms with E-state index < -0.39 is 0 Å². The second kappa shape index (κ2) is 9.24. The number of imide groups is 2. The maximum absolute atomic E-state index is 10.5. The Bertz CT molecular complexity index is 287. The summed E-state index contributed by atoms with van der Waals surface area (Å²) in [6, 6.07) is 0. The van der Waals surface area contributed by atoms with E-state index >= 15 is 0 Å². The highest BCUT2D eigenvalue weighted by Crippen LogP contribution is 2.07. The Hall–Kier alpha value is -1.72. The molecule has 19 heavy (non-hydrogen) atoms. The summed E-state index contributed by atoms with van der Waals surface area (Å²) < 4.78 is 0. The summed E-state index contributed by atoms with van der Waals surface area (Å²) in [5.74, 6) is -0.241. The van der Waals surface area contributed by atoms with Gasteiger partial charge in [0.05, 0.1) is 0 Å². The minimum Gasteiger partial charge on any atom is -0.286 e. The molecule has 4 amide bonds. The molecule has 6 heteroatoms. The molecule has 0 unspecified atom stereocenters. The van der Waals surface area contributed by atoms with Gasteiger partial charge >= 0.3 is 0 Å². The van der Waals surface area contributed by atoms with Gasteiger partial charge in [-0.05, 0) is 0 Å². The van der Waals surface area contributed by atoms with Gasteiger partial charge in [-0.25, -0.2) is 0 Å². The Balaban J connectivity index is 0. The summed E-state index contributed by atoms with van der Waals surface area (Å²) >= 11 is 0. The van der Waals surface area contributed by atoms with Crippen LogP contribution in [-0.4, -0.2) is 47.5 Å². The Morgan fingerprint density at radius 2 is 0.789 bits per heavy atom. The first-order valence-electron chi connectivity index (χ1n) is 6.02. The number of nitrogens with zero attached hydrogens (tertiary/aromatic N) is 2. The number of hydrogen-bond acceptors (Lipinski definition) is 4. The van der Waals surface area contributed by atoms with Crippen LogP contribution in [0, 0.1) is 0 Å². The summed E-state index contributed by atoms with van der Waals surface area (Å²) in [6.45, 7) is 4.00. The van der Waals surface area contributed by atoms with Crippen molar-refractivity contribution in [2.75, 3.05) is 14.1 Å². The highest BCUT2D eigenvalue weighted by molar-refractivity contribution is 6.02. The minimum absolute atomic E-state index is 0. The second-order valence-corrected chi connectivity index (χ2v) is 3.69. The van der Waals surface area contributed by atoms with Gasteiger partial charge < -0.3 is 0 Å². The van der Waals surface area contributed by atoms with E-state index in [-0.39, 0.29) is 31.1 Å². The van der Waals surface area contributed by atoms with Crippen molar-refractivity contribution in [3.63, 3.8) is 0 Å². The third kappa shape index (κ3) is 5.63. The summed E-state index contributed by atoms with van der Waals surface area (Å²) in [7, 11) is 3.02. The number of amides is 4. The number of likely N-dealkylation sites (tertiary alicyclic amines) is 2. The maximum atomic E-state index is 10.5. The van der Waals surface area contributed by atoms with Crippen LogP contribution in [0.1, 0.15) is 47.0 Å². The van der Waals surface area contributed by atoms with Gasteiger partial charge in [-0.1, -0.05) is 21.3 Å². The van der Waals surface area contributed by atoms with Crippen LogP contribution in [0.5, 0.6) is 0 Å². The van der Waals surface area contributed by atoms with Crippen LogP contribution in [-0.2, 0) is 19.2 Å². The average molecular weight is 272 g/mol. The van der Waals surface area contributed by atoms with Crippen molar-refractivity contribution in [3.05, 3.63) is 0 Å². The second-order valence-electron chi connectivity index (χ2n) is 3.69. The van der Waals surface area contributed by atoms with Crippen molar-refractivity contribution in [1.29, 1.82) is 0 Å². The number of rotatable bonds is 0. The molecule has 0 atom stereocenters. The first kappa shape index (κ1) is 19.6. The molecule has 2 rings (SSSR count). The topological polar surface area (TPSA) is 74.8 Å². The van der Waals surface area contributed by atoms with E-state index in [1.165, 1.54) is 23.9 Å². The molecule has 6 nitrogen and oxygen atoms in total. The molecular formula is C13H24N2O4. The highest BCUT2D eigenvalue weighted by atomic mass is 16.2. The van der Waals surface area contributed by atoms with Gasteiger partial charge in [-0.3, -0.25) is 29.0 Å². The molecule has 2 aliphatic rings. The highest BCUT2D eigenvalue weighted by Gasteiger charge is 2.24. The van der Waals surface area contributed by atoms with Gasteiger partial charge in [0.15, 0.2) is 0 Å². The molecule has 110 valence electrons. The van der Waals surface area contributed by atoms with Crippen molar-refractivity contribution >= 4 is 23.6 Å². The van der Waals surface area contributed by atoms with Gasteiger partial charge in [0, 0.05) is 39.8 Å². The quantitative estimate of drug-likeness (QED) is 0.621. The van der Waals surface area contributed by atoms with Gasteiger partial charge in [-0.2, -0.15) is 0 Å². The Labute approximate surface area is 114 Å². The maximum Gasteiger partial charge on any atom is 0.229 e. The molecule has 0 bridgehead atoms. The molecule has 0 saturated carbocycles. The van der Waals surface area contributed by atoms with Crippen LogP contribution in [0.4, 0.5) is 0 Å². The van der Waals surface area contributed by atoms with Crippen molar-refractivity contribution in [2.24, 2.45) is 0 Å². The van der Waals surface area contributed by atoms with E-state index in [2.05, 4.69) is 0 Å². The lowest BCUT2D eigenvalue weighted by Crippen LogP contribution is -2.23. The van der Waals surface area contributed by atoms with Crippen LogP contribution < -0.4 is 0 Å². The third-order valence-electron chi connectivity index (χ3n) is 2.60. The molecule has 2 fully saturated rings. The SMILES string of the molecule is C.CC.CN1C(=O)CCC1=O.CN1C(=O)CCC1=O. The molecule has 2 aliphatic heterocycles. The fourth-order valence-electron chi connectivity index (χ4n) is 1.38. The molecule has 0 N–H and O–H groups in total. The first-order valence-corrected chi connectivity index (χ1v) is 6.02. The molecule has 0 aromatic carbocycles. The van der Waals surface area contributed by atoms with E-state index in [4.69, 9.17) is 0 Å². The van der Waals surface area contributed by atoms with E-state index in [9.17, 15) is 19.2 Å². The molecular weight excluding hydrogens is 248 g/mol. The first-order chi connectivity index (χ1) is 8.43. The largest absolute Gasteiger partial charge is 0.286 e. The van der Waals surface area contributed by atoms with Crippen molar-refractivity contribution in [1.82, 2.24) is 9.80 Å². The van der Waals surface area contributed by atoms with Crippen LogP contribution in [0.15, 0.2) is 0 Å². The van der Waals surface area contributed by atoms with Gasteiger partial charge in [0.1, 0.15) is 0 Å². The van der Waals surface area contributed by atoms with Gasteiger partial charge in [0.25, 0.3) is 0 Å². The van der Waals surface area contributed by atoms with E-state index in [1.807, 2.05) is 13.8 Å².